The summed E-state index contributed by atoms with van der Waals surface area (Å²) in [5, 5.41) is 2.53. The third kappa shape index (κ3) is 3.34. The number of hydrogen-bond acceptors (Lipinski definition) is 5. The average molecular weight is 371 g/mol. The molecule has 0 radical (unpaired) electrons. The minimum Gasteiger partial charge on any atom is -0.341 e. The molecular weight excluding hydrogens is 354 g/mol. The van der Waals surface area contributed by atoms with E-state index >= 15 is 0 Å². The first-order chi connectivity index (χ1) is 12.2. The molecule has 0 bridgehead atoms. The molecule has 128 valence electrons. The van der Waals surface area contributed by atoms with Crippen molar-refractivity contribution in [3.05, 3.63) is 57.7 Å². The van der Waals surface area contributed by atoms with E-state index in [1.807, 2.05) is 40.6 Å². The Bertz CT molecular complexity index is 946. The van der Waals surface area contributed by atoms with Gasteiger partial charge in [-0.05, 0) is 29.9 Å². The number of carbonyl (C=O) groups excluding carboxylic acids is 1. The molecule has 5 nitrogen and oxygen atoms in total. The van der Waals surface area contributed by atoms with Crippen LogP contribution in [0.25, 0.3) is 10.2 Å². The van der Waals surface area contributed by atoms with Crippen LogP contribution in [0.4, 0.5) is 0 Å². The summed E-state index contributed by atoms with van der Waals surface area (Å²) in [6.07, 6.45) is 2.10. The normalized spacial score (nSPS) is 15.6. The summed E-state index contributed by atoms with van der Waals surface area (Å²) >= 11 is 2.75. The van der Waals surface area contributed by atoms with E-state index in [0.717, 1.165) is 31.5 Å². The third-order valence-corrected chi connectivity index (χ3v) is 6.22. The van der Waals surface area contributed by atoms with Crippen LogP contribution >= 0.6 is 23.1 Å². The van der Waals surface area contributed by atoms with Gasteiger partial charge in [0, 0.05) is 13.1 Å². The van der Waals surface area contributed by atoms with Gasteiger partial charge in [0.25, 0.3) is 5.56 Å². The number of fused-ring (bicyclic) bond motifs is 1. The Kier molecular flexibility index (Phi) is 4.59. The quantitative estimate of drug-likeness (QED) is 0.564. The second-order valence-corrected chi connectivity index (χ2v) is 7.94. The van der Waals surface area contributed by atoms with Crippen LogP contribution in [0.1, 0.15) is 23.7 Å². The number of hydrogen-bond donors (Lipinski definition) is 1. The molecule has 1 saturated heterocycles. The first kappa shape index (κ1) is 16.4. The fraction of sp³-hybridized carbons (Fsp3) is 0.278. The van der Waals surface area contributed by atoms with Crippen LogP contribution in [0.15, 0.2) is 51.7 Å². The van der Waals surface area contributed by atoms with Crippen molar-refractivity contribution >= 4 is 39.2 Å². The SMILES string of the molecule is O=C([C@H](Sc1nc2sccc2c(=O)[nH]1)c1ccccc1)N1CCCC1. The smallest absolute Gasteiger partial charge is 0.260 e. The molecule has 3 heterocycles. The fourth-order valence-corrected chi connectivity index (χ4v) is 4.89. The van der Waals surface area contributed by atoms with Gasteiger partial charge in [0.05, 0.1) is 5.39 Å². The van der Waals surface area contributed by atoms with Crippen molar-refractivity contribution < 1.29 is 4.79 Å². The lowest BCUT2D eigenvalue weighted by Gasteiger charge is -2.22. The molecule has 2 aromatic heterocycles. The van der Waals surface area contributed by atoms with E-state index in [-0.39, 0.29) is 11.5 Å². The second-order valence-electron chi connectivity index (χ2n) is 5.95. The third-order valence-electron chi connectivity index (χ3n) is 4.29. The van der Waals surface area contributed by atoms with Gasteiger partial charge < -0.3 is 9.88 Å². The fourth-order valence-electron chi connectivity index (χ4n) is 3.00. The first-order valence-electron chi connectivity index (χ1n) is 8.20. The van der Waals surface area contributed by atoms with Crippen LogP contribution in [0.2, 0.25) is 0 Å². The van der Waals surface area contributed by atoms with Gasteiger partial charge in [0.15, 0.2) is 5.16 Å². The molecule has 1 aliphatic rings. The Balaban J connectivity index is 1.69. The number of benzene rings is 1. The van der Waals surface area contributed by atoms with Gasteiger partial charge in [0.1, 0.15) is 10.1 Å². The maximum absolute atomic E-state index is 13.0. The van der Waals surface area contributed by atoms with Crippen molar-refractivity contribution in [2.45, 2.75) is 23.2 Å². The van der Waals surface area contributed by atoms with E-state index in [0.29, 0.717) is 15.4 Å². The summed E-state index contributed by atoms with van der Waals surface area (Å²) in [6.45, 7) is 1.60. The van der Waals surface area contributed by atoms with Gasteiger partial charge in [-0.3, -0.25) is 9.59 Å². The predicted molar refractivity (Wildman–Crippen MR) is 101 cm³/mol. The number of aromatic nitrogens is 2. The molecule has 0 spiro atoms. The molecule has 7 heteroatoms. The van der Waals surface area contributed by atoms with E-state index < -0.39 is 5.25 Å². The van der Waals surface area contributed by atoms with E-state index in [4.69, 9.17) is 0 Å². The number of H-pyrrole nitrogens is 1. The van der Waals surface area contributed by atoms with Crippen LogP contribution in [0.3, 0.4) is 0 Å². The van der Waals surface area contributed by atoms with Crippen molar-refractivity contribution in [1.29, 1.82) is 0 Å². The zero-order chi connectivity index (χ0) is 17.2. The van der Waals surface area contributed by atoms with Gasteiger partial charge in [-0.2, -0.15) is 0 Å². The van der Waals surface area contributed by atoms with Crippen LogP contribution in [-0.4, -0.2) is 33.9 Å². The van der Waals surface area contributed by atoms with Gasteiger partial charge >= 0.3 is 0 Å². The van der Waals surface area contributed by atoms with Crippen molar-refractivity contribution in [2.75, 3.05) is 13.1 Å². The Morgan fingerprint density at radius 3 is 2.72 bits per heavy atom. The van der Waals surface area contributed by atoms with E-state index in [2.05, 4.69) is 9.97 Å². The van der Waals surface area contributed by atoms with E-state index in [1.54, 1.807) is 6.07 Å². The highest BCUT2D eigenvalue weighted by Crippen LogP contribution is 2.36. The summed E-state index contributed by atoms with van der Waals surface area (Å²) in [4.78, 5) is 35.2. The zero-order valence-electron chi connectivity index (χ0n) is 13.5. The monoisotopic (exact) mass is 371 g/mol. The minimum absolute atomic E-state index is 0.0858. The Hall–Kier alpha value is -2.12. The Morgan fingerprint density at radius 1 is 1.20 bits per heavy atom. The molecule has 0 saturated carbocycles. The summed E-state index contributed by atoms with van der Waals surface area (Å²) in [5.74, 6) is 0.0858. The number of thioether (sulfide) groups is 1. The van der Waals surface area contributed by atoms with Gasteiger partial charge in [0.2, 0.25) is 5.91 Å². The summed E-state index contributed by atoms with van der Waals surface area (Å²) in [5.41, 5.74) is 0.771. The highest BCUT2D eigenvalue weighted by molar-refractivity contribution is 8.00. The first-order valence-corrected chi connectivity index (χ1v) is 9.96. The average Bonchev–Trinajstić information content (AvgIpc) is 3.31. The highest BCUT2D eigenvalue weighted by Gasteiger charge is 2.29. The zero-order valence-corrected chi connectivity index (χ0v) is 15.1. The maximum Gasteiger partial charge on any atom is 0.260 e. The lowest BCUT2D eigenvalue weighted by molar-refractivity contribution is -0.129. The van der Waals surface area contributed by atoms with Gasteiger partial charge in [-0.1, -0.05) is 42.1 Å². The minimum atomic E-state index is -0.403. The molecule has 0 aliphatic carbocycles. The lowest BCUT2D eigenvalue weighted by Crippen LogP contribution is -2.31. The highest BCUT2D eigenvalue weighted by atomic mass is 32.2. The van der Waals surface area contributed by atoms with Gasteiger partial charge in [-0.25, -0.2) is 4.98 Å². The molecule has 1 amide bonds. The summed E-state index contributed by atoms with van der Waals surface area (Å²) in [6, 6.07) is 11.5. The number of nitrogens with zero attached hydrogens (tertiary/aromatic N) is 2. The summed E-state index contributed by atoms with van der Waals surface area (Å²) < 4.78 is 0. The molecule has 1 aromatic carbocycles. The van der Waals surface area contributed by atoms with Crippen LogP contribution < -0.4 is 5.56 Å². The largest absolute Gasteiger partial charge is 0.341 e. The lowest BCUT2D eigenvalue weighted by atomic mass is 10.1. The molecule has 4 rings (SSSR count). The molecule has 1 atom stereocenters. The van der Waals surface area contributed by atoms with Crippen molar-refractivity contribution in [3.8, 4) is 0 Å². The molecule has 1 N–H and O–H groups in total. The number of aromatic amines is 1. The summed E-state index contributed by atoms with van der Waals surface area (Å²) in [7, 11) is 0. The molecule has 0 unspecified atom stereocenters. The maximum atomic E-state index is 13.0. The molecular formula is C18H17N3O2S2. The van der Waals surface area contributed by atoms with E-state index in [1.165, 1.54) is 23.1 Å². The second kappa shape index (κ2) is 7.01. The predicted octanol–water partition coefficient (Wildman–Crippen LogP) is 3.44. The van der Waals surface area contributed by atoms with Crippen LogP contribution in [0, 0.1) is 0 Å². The number of amides is 1. The molecule has 3 aromatic rings. The molecule has 1 fully saturated rings. The number of carbonyl (C=O) groups is 1. The number of thiophene rings is 1. The topological polar surface area (TPSA) is 66.1 Å². The van der Waals surface area contributed by atoms with Crippen molar-refractivity contribution in [2.24, 2.45) is 0 Å². The van der Waals surface area contributed by atoms with Crippen molar-refractivity contribution in [3.63, 3.8) is 0 Å². The number of likely N-dealkylation sites (tertiary alicyclic amines) is 1. The van der Waals surface area contributed by atoms with Crippen molar-refractivity contribution in [1.82, 2.24) is 14.9 Å². The Labute approximate surface area is 153 Å². The van der Waals surface area contributed by atoms with E-state index in [9.17, 15) is 9.59 Å². The molecule has 25 heavy (non-hydrogen) atoms. The number of nitrogens with one attached hydrogen (secondary N) is 1. The number of rotatable bonds is 4. The van der Waals surface area contributed by atoms with Gasteiger partial charge in [-0.15, -0.1) is 11.3 Å². The van der Waals surface area contributed by atoms with Crippen LogP contribution in [-0.2, 0) is 4.79 Å². The molecule has 1 aliphatic heterocycles. The standard InChI is InChI=1S/C18H17N3O2S2/c22-15-13-8-11-24-16(13)20-18(19-15)25-14(12-6-2-1-3-7-12)17(23)21-9-4-5-10-21/h1-3,6-8,11,14H,4-5,9-10H2,(H,19,20,22)/t14-/m1/s1. The Morgan fingerprint density at radius 2 is 1.96 bits per heavy atom. The van der Waals surface area contributed by atoms with Crippen LogP contribution in [0.5, 0.6) is 0 Å².